The molecule has 0 aliphatic carbocycles. The number of hydrogen-bond acceptors (Lipinski definition) is 3. The average Bonchev–Trinajstić information content (AvgIpc) is 2.97. The molecule has 2 aromatic rings. The zero-order valence-corrected chi connectivity index (χ0v) is 13.7. The largest absolute Gasteiger partial charge is 0.392 e. The molecule has 1 aliphatic heterocycles. The molecular formula is C16H18ClF2N3O. The van der Waals surface area contributed by atoms with Gasteiger partial charge in [0.25, 0.3) is 0 Å². The molecular weight excluding hydrogens is 324 g/mol. The third-order valence-electron chi connectivity index (χ3n) is 4.33. The van der Waals surface area contributed by atoms with Gasteiger partial charge in [-0.1, -0.05) is 11.6 Å². The monoisotopic (exact) mass is 341 g/mol. The molecule has 0 spiro atoms. The molecule has 124 valence electrons. The minimum absolute atomic E-state index is 0.263. The van der Waals surface area contributed by atoms with Crippen LogP contribution in [0, 0.1) is 18.6 Å². The van der Waals surface area contributed by atoms with Crippen molar-refractivity contribution >= 4 is 11.6 Å². The van der Waals surface area contributed by atoms with Crippen molar-refractivity contribution in [1.82, 2.24) is 14.7 Å². The van der Waals surface area contributed by atoms with Crippen molar-refractivity contribution in [2.75, 3.05) is 6.54 Å². The van der Waals surface area contributed by atoms with E-state index >= 15 is 0 Å². The Kier molecular flexibility index (Phi) is 4.40. The number of likely N-dealkylation sites (tertiary alicyclic amines) is 1. The van der Waals surface area contributed by atoms with Gasteiger partial charge in [-0.05, 0) is 31.5 Å². The second kappa shape index (κ2) is 6.19. The van der Waals surface area contributed by atoms with Gasteiger partial charge in [-0.3, -0.25) is 9.58 Å². The highest BCUT2D eigenvalue weighted by Crippen LogP contribution is 2.36. The van der Waals surface area contributed by atoms with Crippen LogP contribution in [0.5, 0.6) is 0 Å². The zero-order chi connectivity index (χ0) is 16.7. The smallest absolute Gasteiger partial charge is 0.131 e. The van der Waals surface area contributed by atoms with Crippen LogP contribution in [0.4, 0.5) is 8.78 Å². The van der Waals surface area contributed by atoms with Crippen molar-refractivity contribution in [3.8, 4) is 0 Å². The summed E-state index contributed by atoms with van der Waals surface area (Å²) in [6.07, 6.45) is -0.226. The first-order valence-corrected chi connectivity index (χ1v) is 7.79. The van der Waals surface area contributed by atoms with Gasteiger partial charge in [-0.15, -0.1) is 0 Å². The Hall–Kier alpha value is -1.50. The lowest BCUT2D eigenvalue weighted by Crippen LogP contribution is -2.25. The number of aryl methyl sites for hydroxylation is 2. The molecule has 2 heterocycles. The van der Waals surface area contributed by atoms with Crippen LogP contribution < -0.4 is 0 Å². The SMILES string of the molecule is Cc1nn(C)c(Cl)c1CN1CC(O)CC1c1cc(F)ccc1F. The second-order valence-corrected chi connectivity index (χ2v) is 6.34. The van der Waals surface area contributed by atoms with Crippen LogP contribution >= 0.6 is 11.6 Å². The maximum absolute atomic E-state index is 14.1. The van der Waals surface area contributed by atoms with Crippen LogP contribution in [0.15, 0.2) is 18.2 Å². The van der Waals surface area contributed by atoms with E-state index < -0.39 is 23.8 Å². The van der Waals surface area contributed by atoms with Crippen LogP contribution in [0.2, 0.25) is 5.15 Å². The maximum atomic E-state index is 14.1. The highest BCUT2D eigenvalue weighted by molar-refractivity contribution is 6.30. The fourth-order valence-corrected chi connectivity index (χ4v) is 3.44. The van der Waals surface area contributed by atoms with Crippen LogP contribution in [0.3, 0.4) is 0 Å². The molecule has 0 bridgehead atoms. The lowest BCUT2D eigenvalue weighted by Gasteiger charge is -2.24. The van der Waals surface area contributed by atoms with Crippen molar-refractivity contribution in [2.24, 2.45) is 7.05 Å². The fourth-order valence-electron chi connectivity index (χ4n) is 3.20. The summed E-state index contributed by atoms with van der Waals surface area (Å²) >= 11 is 6.26. The molecule has 0 radical (unpaired) electrons. The van der Waals surface area contributed by atoms with Crippen LogP contribution in [0.25, 0.3) is 0 Å². The van der Waals surface area contributed by atoms with E-state index in [1.807, 2.05) is 11.8 Å². The Morgan fingerprint density at radius 2 is 2.13 bits per heavy atom. The number of rotatable bonds is 3. The van der Waals surface area contributed by atoms with Crippen LogP contribution in [0.1, 0.15) is 29.3 Å². The van der Waals surface area contributed by atoms with Gasteiger partial charge >= 0.3 is 0 Å². The summed E-state index contributed by atoms with van der Waals surface area (Å²) in [6, 6.07) is 3.02. The summed E-state index contributed by atoms with van der Waals surface area (Å²) in [5, 5.41) is 14.8. The number of aliphatic hydroxyl groups is 1. The van der Waals surface area contributed by atoms with E-state index in [9.17, 15) is 13.9 Å². The number of aliphatic hydroxyl groups excluding tert-OH is 1. The first-order chi connectivity index (χ1) is 10.9. The molecule has 0 saturated carbocycles. The van der Waals surface area contributed by atoms with Crippen molar-refractivity contribution in [3.05, 3.63) is 51.8 Å². The lowest BCUT2D eigenvalue weighted by atomic mass is 10.0. The lowest BCUT2D eigenvalue weighted by molar-refractivity contribution is 0.172. The zero-order valence-electron chi connectivity index (χ0n) is 12.9. The average molecular weight is 342 g/mol. The number of hydrogen-bond donors (Lipinski definition) is 1. The number of aromatic nitrogens is 2. The predicted molar refractivity (Wildman–Crippen MR) is 83.1 cm³/mol. The van der Waals surface area contributed by atoms with Gasteiger partial charge in [0.2, 0.25) is 0 Å². The van der Waals surface area contributed by atoms with Gasteiger partial charge in [0, 0.05) is 37.3 Å². The summed E-state index contributed by atoms with van der Waals surface area (Å²) in [5.41, 5.74) is 1.89. The molecule has 0 amide bonds. The Morgan fingerprint density at radius 3 is 2.78 bits per heavy atom. The Balaban J connectivity index is 1.92. The van der Waals surface area contributed by atoms with E-state index in [0.717, 1.165) is 23.4 Å². The van der Waals surface area contributed by atoms with E-state index in [2.05, 4.69) is 5.10 Å². The second-order valence-electron chi connectivity index (χ2n) is 5.98. The van der Waals surface area contributed by atoms with Crippen molar-refractivity contribution in [3.63, 3.8) is 0 Å². The molecule has 2 atom stereocenters. The first-order valence-electron chi connectivity index (χ1n) is 7.42. The first kappa shape index (κ1) is 16.4. The Bertz CT molecular complexity index is 734. The fraction of sp³-hybridized carbons (Fsp3) is 0.438. The number of benzene rings is 1. The molecule has 23 heavy (non-hydrogen) atoms. The van der Waals surface area contributed by atoms with E-state index in [0.29, 0.717) is 24.7 Å². The number of nitrogens with zero attached hydrogens (tertiary/aromatic N) is 3. The molecule has 1 fully saturated rings. The molecule has 1 aromatic carbocycles. The third-order valence-corrected chi connectivity index (χ3v) is 4.80. The minimum atomic E-state index is -0.585. The molecule has 1 aliphatic rings. The molecule has 7 heteroatoms. The van der Waals surface area contributed by atoms with Gasteiger partial charge in [-0.2, -0.15) is 5.10 Å². The Morgan fingerprint density at radius 1 is 1.39 bits per heavy atom. The van der Waals surface area contributed by atoms with Crippen molar-refractivity contribution in [1.29, 1.82) is 0 Å². The molecule has 1 N–H and O–H groups in total. The van der Waals surface area contributed by atoms with E-state index in [1.54, 1.807) is 11.7 Å². The number of β-amino-alcohol motifs (C(OH)–C–C–N with tert-alkyl or cyclic N) is 1. The van der Waals surface area contributed by atoms with Crippen LogP contribution in [-0.4, -0.2) is 32.4 Å². The molecule has 3 rings (SSSR count). The van der Waals surface area contributed by atoms with E-state index in [-0.39, 0.29) is 5.56 Å². The van der Waals surface area contributed by atoms with Crippen LogP contribution in [-0.2, 0) is 13.6 Å². The van der Waals surface area contributed by atoms with Gasteiger partial charge in [0.15, 0.2) is 0 Å². The Labute approximate surface area is 138 Å². The van der Waals surface area contributed by atoms with Gasteiger partial charge in [0.1, 0.15) is 16.8 Å². The highest BCUT2D eigenvalue weighted by Gasteiger charge is 2.34. The van der Waals surface area contributed by atoms with E-state index in [1.165, 1.54) is 6.07 Å². The summed E-state index contributed by atoms with van der Waals surface area (Å²) < 4.78 is 29.2. The van der Waals surface area contributed by atoms with Gasteiger partial charge in [-0.25, -0.2) is 8.78 Å². The third kappa shape index (κ3) is 3.11. The summed E-state index contributed by atoms with van der Waals surface area (Å²) in [5.74, 6) is -0.956. The standard InChI is InChI=1S/C16H18ClF2N3O/c1-9-13(16(17)21(2)20-9)8-22-7-11(23)6-15(22)12-5-10(18)3-4-14(12)19/h3-5,11,15,23H,6-8H2,1-2H3. The normalized spacial score (nSPS) is 22.0. The summed E-state index contributed by atoms with van der Waals surface area (Å²) in [4.78, 5) is 1.92. The summed E-state index contributed by atoms with van der Waals surface area (Å²) in [7, 11) is 1.75. The topological polar surface area (TPSA) is 41.3 Å². The van der Waals surface area contributed by atoms with Gasteiger partial charge in [0.05, 0.1) is 11.8 Å². The summed E-state index contributed by atoms with van der Waals surface area (Å²) in [6.45, 7) is 2.66. The predicted octanol–water partition coefficient (Wildman–Crippen LogP) is 2.97. The number of halogens is 3. The molecule has 1 saturated heterocycles. The minimum Gasteiger partial charge on any atom is -0.392 e. The molecule has 2 unspecified atom stereocenters. The quantitative estimate of drug-likeness (QED) is 0.933. The van der Waals surface area contributed by atoms with Crippen molar-refractivity contribution < 1.29 is 13.9 Å². The molecule has 1 aromatic heterocycles. The van der Waals surface area contributed by atoms with Crippen molar-refractivity contribution in [2.45, 2.75) is 32.0 Å². The maximum Gasteiger partial charge on any atom is 0.131 e. The highest BCUT2D eigenvalue weighted by atomic mass is 35.5. The molecule has 4 nitrogen and oxygen atoms in total. The van der Waals surface area contributed by atoms with E-state index in [4.69, 9.17) is 11.6 Å². The van der Waals surface area contributed by atoms with Gasteiger partial charge < -0.3 is 5.11 Å².